The first-order valence-corrected chi connectivity index (χ1v) is 6.74. The molecule has 3 nitrogen and oxygen atoms in total. The van der Waals surface area contributed by atoms with Crippen molar-refractivity contribution in [2.75, 3.05) is 13.1 Å². The Morgan fingerprint density at radius 1 is 1.11 bits per heavy atom. The number of carbonyl (C=O) groups excluding carboxylic acids is 1. The second-order valence-corrected chi connectivity index (χ2v) is 6.88. The Balaban J connectivity index is 2.69. The van der Waals surface area contributed by atoms with Crippen LogP contribution < -0.4 is 11.1 Å². The zero-order valence-electron chi connectivity index (χ0n) is 12.7. The first kappa shape index (κ1) is 15.7. The highest BCUT2D eigenvalue weighted by molar-refractivity contribution is 5.94. The maximum atomic E-state index is 12.0. The van der Waals surface area contributed by atoms with E-state index in [1.165, 1.54) is 5.56 Å². The Morgan fingerprint density at radius 2 is 1.63 bits per heavy atom. The van der Waals surface area contributed by atoms with Crippen LogP contribution in [0.3, 0.4) is 0 Å². The fraction of sp³-hybridized carbons (Fsp3) is 0.562. The maximum Gasteiger partial charge on any atom is 0.251 e. The monoisotopic (exact) mass is 262 g/mol. The van der Waals surface area contributed by atoms with E-state index in [4.69, 9.17) is 5.73 Å². The average molecular weight is 262 g/mol. The Morgan fingerprint density at radius 3 is 2.05 bits per heavy atom. The van der Waals surface area contributed by atoms with Crippen molar-refractivity contribution in [3.63, 3.8) is 0 Å². The number of nitrogens with two attached hydrogens (primary N) is 1. The molecular weight excluding hydrogens is 236 g/mol. The number of amides is 1. The number of carbonyl (C=O) groups is 1. The molecule has 0 aliphatic rings. The highest BCUT2D eigenvalue weighted by Crippen LogP contribution is 2.22. The molecule has 0 saturated heterocycles. The van der Waals surface area contributed by atoms with Crippen molar-refractivity contribution in [2.24, 2.45) is 11.1 Å². The lowest BCUT2D eigenvalue weighted by atomic mass is 9.86. The Kier molecular flexibility index (Phi) is 4.75. The lowest BCUT2D eigenvalue weighted by Gasteiger charge is -2.23. The van der Waals surface area contributed by atoms with E-state index in [2.05, 4.69) is 26.1 Å². The topological polar surface area (TPSA) is 55.1 Å². The summed E-state index contributed by atoms with van der Waals surface area (Å²) in [5.41, 5.74) is 7.61. The van der Waals surface area contributed by atoms with Crippen molar-refractivity contribution in [1.29, 1.82) is 0 Å². The molecule has 0 atom stereocenters. The van der Waals surface area contributed by atoms with Crippen LogP contribution in [0.1, 0.15) is 50.5 Å². The zero-order valence-corrected chi connectivity index (χ0v) is 12.7. The van der Waals surface area contributed by atoms with Crippen LogP contribution in [0, 0.1) is 5.41 Å². The molecule has 19 heavy (non-hydrogen) atoms. The minimum atomic E-state index is -0.0684. The van der Waals surface area contributed by atoms with E-state index in [0.717, 1.165) is 0 Å². The van der Waals surface area contributed by atoms with E-state index in [0.29, 0.717) is 18.7 Å². The molecule has 0 heterocycles. The van der Waals surface area contributed by atoms with Crippen LogP contribution in [0.25, 0.3) is 0 Å². The summed E-state index contributed by atoms with van der Waals surface area (Å²) >= 11 is 0. The largest absolute Gasteiger partial charge is 0.351 e. The van der Waals surface area contributed by atoms with Crippen molar-refractivity contribution in [2.45, 2.75) is 40.0 Å². The Hall–Kier alpha value is -1.35. The molecule has 0 spiro atoms. The van der Waals surface area contributed by atoms with Crippen LogP contribution in [-0.4, -0.2) is 19.0 Å². The molecule has 0 aromatic heterocycles. The minimum Gasteiger partial charge on any atom is -0.351 e. The van der Waals surface area contributed by atoms with Gasteiger partial charge in [0.15, 0.2) is 0 Å². The van der Waals surface area contributed by atoms with Gasteiger partial charge in [-0.25, -0.2) is 0 Å². The van der Waals surface area contributed by atoms with Gasteiger partial charge in [-0.05, 0) is 35.1 Å². The van der Waals surface area contributed by atoms with Crippen LogP contribution in [0.2, 0.25) is 0 Å². The molecule has 0 saturated carbocycles. The quantitative estimate of drug-likeness (QED) is 0.876. The lowest BCUT2D eigenvalue weighted by molar-refractivity contribution is 0.0938. The summed E-state index contributed by atoms with van der Waals surface area (Å²) in [6.45, 7) is 11.7. The van der Waals surface area contributed by atoms with E-state index in [1.54, 1.807) is 0 Å². The van der Waals surface area contributed by atoms with E-state index in [-0.39, 0.29) is 16.7 Å². The first-order chi connectivity index (χ1) is 8.65. The van der Waals surface area contributed by atoms with Crippen molar-refractivity contribution in [3.8, 4) is 0 Å². The minimum absolute atomic E-state index is 0.0398. The van der Waals surface area contributed by atoms with Crippen LogP contribution in [0.15, 0.2) is 24.3 Å². The maximum absolute atomic E-state index is 12.0. The van der Waals surface area contributed by atoms with Crippen molar-refractivity contribution >= 4 is 5.91 Å². The molecule has 1 aromatic rings. The third-order valence-electron chi connectivity index (χ3n) is 3.29. The molecule has 1 rings (SSSR count). The highest BCUT2D eigenvalue weighted by Gasteiger charge is 2.18. The molecule has 0 bridgehead atoms. The Bertz CT molecular complexity index is 427. The first-order valence-electron chi connectivity index (χ1n) is 6.74. The molecule has 0 aliphatic carbocycles. The summed E-state index contributed by atoms with van der Waals surface area (Å²) in [6, 6.07) is 7.79. The van der Waals surface area contributed by atoms with Crippen LogP contribution >= 0.6 is 0 Å². The van der Waals surface area contributed by atoms with Gasteiger partial charge in [-0.15, -0.1) is 0 Å². The van der Waals surface area contributed by atoms with Gasteiger partial charge in [0.25, 0.3) is 5.91 Å². The molecule has 0 fully saturated rings. The number of rotatable bonds is 4. The van der Waals surface area contributed by atoms with Crippen LogP contribution in [0.4, 0.5) is 0 Å². The van der Waals surface area contributed by atoms with Gasteiger partial charge < -0.3 is 11.1 Å². The second kappa shape index (κ2) is 5.74. The van der Waals surface area contributed by atoms with Gasteiger partial charge >= 0.3 is 0 Å². The summed E-state index contributed by atoms with van der Waals surface area (Å²) in [5, 5.41) is 2.93. The van der Waals surface area contributed by atoms with Crippen LogP contribution in [0.5, 0.6) is 0 Å². The summed E-state index contributed by atoms with van der Waals surface area (Å²) in [7, 11) is 0. The standard InChI is InChI=1S/C16H26N2O/c1-15(2,3)13-8-6-12(7-9-13)14(19)18-11-16(4,5)10-17/h6-9H,10-11,17H2,1-5H3,(H,18,19). The number of hydrogen-bond acceptors (Lipinski definition) is 2. The predicted octanol–water partition coefficient (Wildman–Crippen LogP) is 2.70. The zero-order chi connectivity index (χ0) is 14.7. The van der Waals surface area contributed by atoms with Crippen LogP contribution in [-0.2, 0) is 5.41 Å². The van der Waals surface area contributed by atoms with E-state index in [1.807, 2.05) is 38.1 Å². The number of hydrogen-bond donors (Lipinski definition) is 2. The number of nitrogens with one attached hydrogen (secondary N) is 1. The SMILES string of the molecule is CC(C)(CN)CNC(=O)c1ccc(C(C)(C)C)cc1. The normalized spacial score (nSPS) is 12.3. The number of benzene rings is 1. The molecule has 1 aromatic carbocycles. The fourth-order valence-corrected chi connectivity index (χ4v) is 1.62. The molecule has 3 N–H and O–H groups in total. The molecule has 1 amide bonds. The lowest BCUT2D eigenvalue weighted by Crippen LogP contribution is -2.38. The van der Waals surface area contributed by atoms with Crippen molar-refractivity contribution in [1.82, 2.24) is 5.32 Å². The van der Waals surface area contributed by atoms with Gasteiger partial charge in [-0.3, -0.25) is 4.79 Å². The molecule has 0 aliphatic heterocycles. The second-order valence-electron chi connectivity index (χ2n) is 6.88. The van der Waals surface area contributed by atoms with Gasteiger partial charge in [0, 0.05) is 12.1 Å². The van der Waals surface area contributed by atoms with Gasteiger partial charge in [0.1, 0.15) is 0 Å². The molecular formula is C16H26N2O. The average Bonchev–Trinajstić information content (AvgIpc) is 2.35. The summed E-state index contributed by atoms with van der Waals surface area (Å²) in [4.78, 5) is 12.0. The summed E-state index contributed by atoms with van der Waals surface area (Å²) in [6.07, 6.45) is 0. The van der Waals surface area contributed by atoms with Crippen molar-refractivity contribution in [3.05, 3.63) is 35.4 Å². The van der Waals surface area contributed by atoms with Crippen molar-refractivity contribution < 1.29 is 4.79 Å². The fourth-order valence-electron chi connectivity index (χ4n) is 1.62. The third kappa shape index (κ3) is 4.67. The highest BCUT2D eigenvalue weighted by atomic mass is 16.1. The molecule has 0 radical (unpaired) electrons. The van der Waals surface area contributed by atoms with E-state index >= 15 is 0 Å². The predicted molar refractivity (Wildman–Crippen MR) is 80.3 cm³/mol. The van der Waals surface area contributed by atoms with Gasteiger partial charge in [-0.1, -0.05) is 46.8 Å². The van der Waals surface area contributed by atoms with E-state index in [9.17, 15) is 4.79 Å². The molecule has 106 valence electrons. The summed E-state index contributed by atoms with van der Waals surface area (Å²) < 4.78 is 0. The summed E-state index contributed by atoms with van der Waals surface area (Å²) in [5.74, 6) is -0.0398. The smallest absolute Gasteiger partial charge is 0.251 e. The van der Waals surface area contributed by atoms with Gasteiger partial charge in [-0.2, -0.15) is 0 Å². The molecule has 0 unspecified atom stereocenters. The van der Waals surface area contributed by atoms with E-state index < -0.39 is 0 Å². The van der Waals surface area contributed by atoms with Gasteiger partial charge in [0.2, 0.25) is 0 Å². The van der Waals surface area contributed by atoms with Gasteiger partial charge in [0.05, 0.1) is 0 Å². The molecule has 3 heteroatoms. The Labute approximate surface area is 116 Å². The third-order valence-corrected chi connectivity index (χ3v) is 3.29.